The lowest BCUT2D eigenvalue weighted by Crippen LogP contribution is -2.48. The normalized spacial score (nSPS) is 10.2. The number of hydrogen-bond acceptors (Lipinski definition) is 4. The summed E-state index contributed by atoms with van der Waals surface area (Å²) in [7, 11) is 0. The lowest BCUT2D eigenvalue weighted by atomic mass is 9.99. The van der Waals surface area contributed by atoms with Crippen molar-refractivity contribution in [1.82, 2.24) is 16.2 Å². The summed E-state index contributed by atoms with van der Waals surface area (Å²) in [5.74, 6) is -1.81. The SMILES string of the molecule is O=C(NCc1ccco1)C(=O)NNC(=O)c1ccccc1CCc1ccccc1. The molecule has 0 atom stereocenters. The van der Waals surface area contributed by atoms with E-state index in [0.717, 1.165) is 12.0 Å². The molecular weight excluding hydrogens is 370 g/mol. The molecule has 1 heterocycles. The first-order valence-electron chi connectivity index (χ1n) is 9.16. The molecule has 0 aliphatic carbocycles. The van der Waals surface area contributed by atoms with E-state index in [4.69, 9.17) is 4.42 Å². The van der Waals surface area contributed by atoms with E-state index in [0.29, 0.717) is 17.7 Å². The first kappa shape index (κ1) is 19.9. The number of nitrogens with one attached hydrogen (secondary N) is 3. The third kappa shape index (κ3) is 5.80. The van der Waals surface area contributed by atoms with Crippen molar-refractivity contribution in [2.45, 2.75) is 19.4 Å². The molecule has 0 saturated carbocycles. The van der Waals surface area contributed by atoms with Gasteiger partial charge in [0.2, 0.25) is 0 Å². The van der Waals surface area contributed by atoms with Crippen LogP contribution in [0.4, 0.5) is 0 Å². The quantitative estimate of drug-likeness (QED) is 0.443. The van der Waals surface area contributed by atoms with E-state index in [9.17, 15) is 14.4 Å². The van der Waals surface area contributed by atoms with E-state index in [1.54, 1.807) is 24.3 Å². The van der Waals surface area contributed by atoms with Gasteiger partial charge in [0.15, 0.2) is 0 Å². The molecule has 0 spiro atoms. The Kier molecular flexibility index (Phi) is 6.78. The highest BCUT2D eigenvalue weighted by Gasteiger charge is 2.16. The van der Waals surface area contributed by atoms with Crippen molar-refractivity contribution in [2.75, 3.05) is 0 Å². The van der Waals surface area contributed by atoms with Crippen LogP contribution in [0.3, 0.4) is 0 Å². The van der Waals surface area contributed by atoms with Gasteiger partial charge in [-0.15, -0.1) is 0 Å². The molecule has 0 aliphatic rings. The van der Waals surface area contributed by atoms with Crippen molar-refractivity contribution >= 4 is 17.7 Å². The standard InChI is InChI=1S/C22H21N3O4/c26-20(24-25-22(28)21(27)23-15-18-10-6-14-29-18)19-11-5-4-9-17(19)13-12-16-7-2-1-3-8-16/h1-11,14H,12-13,15H2,(H,23,27)(H,24,26)(H,25,28). The minimum absolute atomic E-state index is 0.0789. The third-order valence-electron chi connectivity index (χ3n) is 4.29. The van der Waals surface area contributed by atoms with Crippen LogP contribution >= 0.6 is 0 Å². The summed E-state index contributed by atoms with van der Waals surface area (Å²) < 4.78 is 5.07. The van der Waals surface area contributed by atoms with Gasteiger partial charge in [0.25, 0.3) is 5.91 Å². The van der Waals surface area contributed by atoms with Crippen LogP contribution in [0.15, 0.2) is 77.4 Å². The summed E-state index contributed by atoms with van der Waals surface area (Å²) in [6.45, 7) is 0.0789. The van der Waals surface area contributed by atoms with E-state index >= 15 is 0 Å². The van der Waals surface area contributed by atoms with Gasteiger partial charge in [-0.25, -0.2) is 0 Å². The van der Waals surface area contributed by atoms with Gasteiger partial charge >= 0.3 is 11.8 Å². The van der Waals surface area contributed by atoms with E-state index in [1.807, 2.05) is 42.5 Å². The number of benzene rings is 2. The number of furan rings is 1. The second kappa shape index (κ2) is 9.89. The molecule has 7 heteroatoms. The minimum Gasteiger partial charge on any atom is -0.467 e. The van der Waals surface area contributed by atoms with Crippen molar-refractivity contribution in [3.63, 3.8) is 0 Å². The predicted octanol–water partition coefficient (Wildman–Crippen LogP) is 2.14. The van der Waals surface area contributed by atoms with Crippen LogP contribution < -0.4 is 16.2 Å². The van der Waals surface area contributed by atoms with Gasteiger partial charge in [-0.05, 0) is 42.2 Å². The molecule has 0 radical (unpaired) electrons. The van der Waals surface area contributed by atoms with Crippen LogP contribution in [0.2, 0.25) is 0 Å². The second-order valence-electron chi connectivity index (χ2n) is 6.31. The number of carbonyl (C=O) groups excluding carboxylic acids is 3. The number of hydrogen-bond donors (Lipinski definition) is 3. The summed E-state index contributed by atoms with van der Waals surface area (Å²) in [4.78, 5) is 36.1. The highest BCUT2D eigenvalue weighted by Crippen LogP contribution is 2.12. The monoisotopic (exact) mass is 391 g/mol. The Labute approximate surface area is 168 Å². The van der Waals surface area contributed by atoms with Crippen LogP contribution in [-0.4, -0.2) is 17.7 Å². The fourth-order valence-corrected chi connectivity index (χ4v) is 2.78. The maximum absolute atomic E-state index is 12.5. The topological polar surface area (TPSA) is 100 Å². The Morgan fingerprint density at radius 3 is 2.28 bits per heavy atom. The Morgan fingerprint density at radius 1 is 0.759 bits per heavy atom. The van der Waals surface area contributed by atoms with Gasteiger partial charge in [-0.1, -0.05) is 48.5 Å². The van der Waals surface area contributed by atoms with Crippen molar-refractivity contribution in [3.8, 4) is 0 Å². The number of carbonyl (C=O) groups is 3. The van der Waals surface area contributed by atoms with E-state index < -0.39 is 17.7 Å². The Hall–Kier alpha value is -3.87. The van der Waals surface area contributed by atoms with E-state index in [2.05, 4.69) is 16.2 Å². The zero-order valence-electron chi connectivity index (χ0n) is 15.7. The number of aryl methyl sites for hydroxylation is 2. The molecule has 0 saturated heterocycles. The Balaban J connectivity index is 1.52. The molecule has 7 nitrogen and oxygen atoms in total. The van der Waals surface area contributed by atoms with Gasteiger partial charge in [-0.3, -0.25) is 25.2 Å². The summed E-state index contributed by atoms with van der Waals surface area (Å²) in [5, 5.41) is 2.40. The molecule has 3 rings (SSSR count). The molecule has 0 fully saturated rings. The van der Waals surface area contributed by atoms with Crippen LogP contribution in [0.5, 0.6) is 0 Å². The fraction of sp³-hybridized carbons (Fsp3) is 0.136. The second-order valence-corrected chi connectivity index (χ2v) is 6.31. The van der Waals surface area contributed by atoms with Crippen molar-refractivity contribution in [2.24, 2.45) is 0 Å². The van der Waals surface area contributed by atoms with Gasteiger partial charge < -0.3 is 9.73 Å². The van der Waals surface area contributed by atoms with Crippen LogP contribution in [0.1, 0.15) is 27.2 Å². The molecule has 3 N–H and O–H groups in total. The lowest BCUT2D eigenvalue weighted by molar-refractivity contribution is -0.139. The lowest BCUT2D eigenvalue weighted by Gasteiger charge is -2.11. The van der Waals surface area contributed by atoms with Crippen LogP contribution in [-0.2, 0) is 29.0 Å². The summed E-state index contributed by atoms with van der Waals surface area (Å²) in [5.41, 5.74) is 6.89. The van der Waals surface area contributed by atoms with Gasteiger partial charge in [0, 0.05) is 5.56 Å². The molecule has 0 bridgehead atoms. The molecular formula is C22H21N3O4. The molecule has 148 valence electrons. The molecule has 0 unspecified atom stereocenters. The summed E-state index contributed by atoms with van der Waals surface area (Å²) in [6, 6.07) is 20.5. The Morgan fingerprint density at radius 2 is 1.52 bits per heavy atom. The molecule has 3 amide bonds. The fourth-order valence-electron chi connectivity index (χ4n) is 2.78. The van der Waals surface area contributed by atoms with Crippen molar-refractivity contribution in [1.29, 1.82) is 0 Å². The smallest absolute Gasteiger partial charge is 0.327 e. The van der Waals surface area contributed by atoms with E-state index in [1.165, 1.54) is 11.8 Å². The van der Waals surface area contributed by atoms with Crippen molar-refractivity contribution in [3.05, 3.63) is 95.4 Å². The highest BCUT2D eigenvalue weighted by molar-refractivity contribution is 6.35. The molecule has 3 aromatic rings. The average Bonchev–Trinajstić information content (AvgIpc) is 3.28. The zero-order valence-corrected chi connectivity index (χ0v) is 15.7. The molecule has 29 heavy (non-hydrogen) atoms. The first-order valence-corrected chi connectivity index (χ1v) is 9.16. The Bertz CT molecular complexity index is 969. The predicted molar refractivity (Wildman–Crippen MR) is 106 cm³/mol. The van der Waals surface area contributed by atoms with Crippen molar-refractivity contribution < 1.29 is 18.8 Å². The summed E-state index contributed by atoms with van der Waals surface area (Å²) in [6.07, 6.45) is 2.93. The van der Waals surface area contributed by atoms with Gasteiger partial charge in [0.05, 0.1) is 12.8 Å². The number of rotatable bonds is 6. The van der Waals surface area contributed by atoms with Crippen LogP contribution in [0, 0.1) is 0 Å². The van der Waals surface area contributed by atoms with Gasteiger partial charge in [0.1, 0.15) is 5.76 Å². The third-order valence-corrected chi connectivity index (χ3v) is 4.29. The maximum atomic E-state index is 12.5. The largest absolute Gasteiger partial charge is 0.467 e. The van der Waals surface area contributed by atoms with Gasteiger partial charge in [-0.2, -0.15) is 0 Å². The minimum atomic E-state index is -0.966. The first-order chi connectivity index (χ1) is 14.1. The molecule has 2 aromatic carbocycles. The zero-order chi connectivity index (χ0) is 20.5. The average molecular weight is 391 g/mol. The van der Waals surface area contributed by atoms with Crippen LogP contribution in [0.25, 0.3) is 0 Å². The van der Waals surface area contributed by atoms with E-state index in [-0.39, 0.29) is 6.54 Å². The maximum Gasteiger partial charge on any atom is 0.327 e. The highest BCUT2D eigenvalue weighted by atomic mass is 16.3. The summed E-state index contributed by atoms with van der Waals surface area (Å²) >= 11 is 0. The molecule has 1 aromatic heterocycles. The molecule has 0 aliphatic heterocycles. The number of amides is 3. The number of hydrazine groups is 1.